The maximum Gasteiger partial charge on any atom is 0.251 e. The number of ether oxygens (including phenoxy) is 2. The Labute approximate surface area is 186 Å². The first-order valence-corrected chi connectivity index (χ1v) is 11.3. The summed E-state index contributed by atoms with van der Waals surface area (Å²) in [6.45, 7) is 5.21. The summed E-state index contributed by atoms with van der Waals surface area (Å²) >= 11 is 7.86. The fourth-order valence-electron chi connectivity index (χ4n) is 3.37. The summed E-state index contributed by atoms with van der Waals surface area (Å²) in [5, 5.41) is 5.27. The Morgan fingerprint density at radius 2 is 2.03 bits per heavy atom. The number of benzene rings is 1. The molecule has 1 aliphatic heterocycles. The number of carbonyl (C=O) groups is 2. The molecule has 6 nitrogen and oxygen atoms in total. The van der Waals surface area contributed by atoms with Crippen LogP contribution in [0.2, 0.25) is 5.02 Å². The number of hydrogen-bond acceptors (Lipinski definition) is 6. The molecule has 30 heavy (non-hydrogen) atoms. The Bertz CT molecular complexity index is 878. The van der Waals surface area contributed by atoms with Gasteiger partial charge in [0.25, 0.3) is 5.91 Å². The lowest BCUT2D eigenvalue weighted by atomic mass is 10.1. The molecule has 1 aliphatic rings. The average Bonchev–Trinajstić information content (AvgIpc) is 3.20. The number of carbonyl (C=O) groups excluding carboxylic acids is 2. The Kier molecular flexibility index (Phi) is 8.27. The Morgan fingerprint density at radius 1 is 1.27 bits per heavy atom. The molecule has 2 aromatic rings. The van der Waals surface area contributed by atoms with Crippen molar-refractivity contribution in [2.24, 2.45) is 0 Å². The molecule has 0 unspecified atom stereocenters. The molecule has 0 spiro atoms. The van der Waals surface area contributed by atoms with E-state index in [1.807, 2.05) is 6.07 Å². The van der Waals surface area contributed by atoms with Crippen LogP contribution >= 0.6 is 22.9 Å². The monoisotopic (exact) mass is 450 g/mol. The number of halogens is 1. The van der Waals surface area contributed by atoms with E-state index in [0.29, 0.717) is 29.5 Å². The minimum atomic E-state index is -0.185. The van der Waals surface area contributed by atoms with Crippen LogP contribution in [0.3, 0.4) is 0 Å². The molecule has 0 atom stereocenters. The Balaban J connectivity index is 1.48. The number of Topliss-reactive ketones (excluding diaryl/α,β-unsaturated/α-hetero) is 1. The third kappa shape index (κ3) is 6.28. The Hall–Kier alpha value is -1.93. The number of piperidine rings is 1. The van der Waals surface area contributed by atoms with Crippen LogP contribution in [-0.2, 0) is 11.3 Å². The molecule has 3 rings (SSSR count). The molecular formula is C22H27ClN2O4S. The minimum Gasteiger partial charge on any atom is -0.489 e. The van der Waals surface area contributed by atoms with Crippen molar-refractivity contribution in [3.63, 3.8) is 0 Å². The van der Waals surface area contributed by atoms with Crippen LogP contribution in [0.15, 0.2) is 29.6 Å². The van der Waals surface area contributed by atoms with Crippen LogP contribution in [0, 0.1) is 0 Å². The van der Waals surface area contributed by atoms with Crippen molar-refractivity contribution in [2.45, 2.75) is 32.4 Å². The highest BCUT2D eigenvalue weighted by Gasteiger charge is 2.22. The molecule has 1 fully saturated rings. The summed E-state index contributed by atoms with van der Waals surface area (Å²) in [4.78, 5) is 26.8. The molecule has 162 valence electrons. The Morgan fingerprint density at radius 3 is 2.67 bits per heavy atom. The molecule has 8 heteroatoms. The highest BCUT2D eigenvalue weighted by Crippen LogP contribution is 2.29. The minimum absolute atomic E-state index is 0.0929. The van der Waals surface area contributed by atoms with Gasteiger partial charge in [-0.3, -0.25) is 14.5 Å². The second kappa shape index (κ2) is 10.9. The second-order valence-corrected chi connectivity index (χ2v) is 8.68. The van der Waals surface area contributed by atoms with Crippen molar-refractivity contribution in [3.8, 4) is 5.75 Å². The predicted octanol–water partition coefficient (Wildman–Crippen LogP) is 4.02. The summed E-state index contributed by atoms with van der Waals surface area (Å²) in [5.41, 5.74) is 1.69. The van der Waals surface area contributed by atoms with Gasteiger partial charge in [-0.05, 0) is 55.0 Å². The molecule has 1 aromatic carbocycles. The maximum atomic E-state index is 12.1. The van der Waals surface area contributed by atoms with E-state index in [1.165, 1.54) is 16.9 Å². The van der Waals surface area contributed by atoms with Gasteiger partial charge in [0.1, 0.15) is 11.9 Å². The lowest BCUT2D eigenvalue weighted by molar-refractivity contribution is 0.0935. The first kappa shape index (κ1) is 22.7. The first-order valence-electron chi connectivity index (χ1n) is 10.0. The third-order valence-corrected chi connectivity index (χ3v) is 6.40. The topological polar surface area (TPSA) is 67.9 Å². The van der Waals surface area contributed by atoms with Crippen molar-refractivity contribution in [2.75, 3.05) is 33.4 Å². The quantitative estimate of drug-likeness (QED) is 0.461. The SMILES string of the molecule is COCCNC(=O)c1ccc(OC2CCN(Cc3csc(C(C)=O)c3)CC2)c(Cl)c1. The lowest BCUT2D eigenvalue weighted by Crippen LogP contribution is -2.37. The highest BCUT2D eigenvalue weighted by atomic mass is 35.5. The van der Waals surface area contributed by atoms with Gasteiger partial charge in [0, 0.05) is 38.9 Å². The van der Waals surface area contributed by atoms with Gasteiger partial charge in [0.05, 0.1) is 16.5 Å². The molecule has 0 radical (unpaired) electrons. The normalized spacial score (nSPS) is 15.2. The van der Waals surface area contributed by atoms with E-state index in [1.54, 1.807) is 32.2 Å². The van der Waals surface area contributed by atoms with E-state index in [4.69, 9.17) is 21.1 Å². The van der Waals surface area contributed by atoms with Gasteiger partial charge >= 0.3 is 0 Å². The average molecular weight is 451 g/mol. The molecule has 0 saturated carbocycles. The van der Waals surface area contributed by atoms with Crippen LogP contribution in [0.1, 0.15) is 45.4 Å². The van der Waals surface area contributed by atoms with Gasteiger partial charge in [0.15, 0.2) is 5.78 Å². The van der Waals surface area contributed by atoms with Crippen LogP contribution in [-0.4, -0.2) is 56.0 Å². The van der Waals surface area contributed by atoms with E-state index in [9.17, 15) is 9.59 Å². The van der Waals surface area contributed by atoms with E-state index >= 15 is 0 Å². The standard InChI is InChI=1S/C22H27ClN2O4S/c1-15(26)21-11-16(14-30-21)13-25-8-5-18(6-9-25)29-20-4-3-17(12-19(20)23)22(27)24-7-10-28-2/h3-4,11-12,14,18H,5-10,13H2,1-2H3,(H,24,27). The molecule has 0 aliphatic carbocycles. The van der Waals surface area contributed by atoms with Crippen molar-refractivity contribution < 1.29 is 19.1 Å². The molecule has 1 amide bonds. The summed E-state index contributed by atoms with van der Waals surface area (Å²) in [7, 11) is 1.59. The predicted molar refractivity (Wildman–Crippen MR) is 119 cm³/mol. The number of nitrogens with zero attached hydrogens (tertiary/aromatic N) is 1. The first-order chi connectivity index (χ1) is 14.5. The van der Waals surface area contributed by atoms with Crippen molar-refractivity contribution in [1.29, 1.82) is 0 Å². The molecule has 1 aromatic heterocycles. The number of methoxy groups -OCH3 is 1. The van der Waals surface area contributed by atoms with Crippen LogP contribution in [0.25, 0.3) is 0 Å². The summed E-state index contributed by atoms with van der Waals surface area (Å²) in [6.07, 6.45) is 1.90. The zero-order chi connectivity index (χ0) is 21.5. The number of thiophene rings is 1. The fraction of sp³-hybridized carbons (Fsp3) is 0.455. The lowest BCUT2D eigenvalue weighted by Gasteiger charge is -2.32. The molecule has 1 N–H and O–H groups in total. The number of nitrogens with one attached hydrogen (secondary N) is 1. The van der Waals surface area contributed by atoms with E-state index in [0.717, 1.165) is 37.4 Å². The van der Waals surface area contributed by atoms with Gasteiger partial charge in [0.2, 0.25) is 0 Å². The molecular weight excluding hydrogens is 424 g/mol. The van der Waals surface area contributed by atoms with Crippen molar-refractivity contribution in [3.05, 3.63) is 50.7 Å². The van der Waals surface area contributed by atoms with Crippen molar-refractivity contribution in [1.82, 2.24) is 10.2 Å². The third-order valence-electron chi connectivity index (χ3n) is 5.02. The summed E-state index contributed by atoms with van der Waals surface area (Å²) in [6, 6.07) is 7.11. The molecule has 2 heterocycles. The maximum absolute atomic E-state index is 12.1. The van der Waals surface area contributed by atoms with Crippen LogP contribution in [0.4, 0.5) is 0 Å². The van der Waals surface area contributed by atoms with Gasteiger partial charge in [-0.1, -0.05) is 11.6 Å². The van der Waals surface area contributed by atoms with Gasteiger partial charge in [-0.25, -0.2) is 0 Å². The molecule has 1 saturated heterocycles. The highest BCUT2D eigenvalue weighted by molar-refractivity contribution is 7.12. The number of hydrogen-bond donors (Lipinski definition) is 1. The van der Waals surface area contributed by atoms with E-state index in [2.05, 4.69) is 15.6 Å². The number of rotatable bonds is 9. The van der Waals surface area contributed by atoms with Crippen LogP contribution in [0.5, 0.6) is 5.75 Å². The number of ketones is 1. The van der Waals surface area contributed by atoms with E-state index < -0.39 is 0 Å². The number of likely N-dealkylation sites (tertiary alicyclic amines) is 1. The summed E-state index contributed by atoms with van der Waals surface area (Å²) < 4.78 is 11.0. The number of amides is 1. The van der Waals surface area contributed by atoms with Gasteiger partial charge < -0.3 is 14.8 Å². The van der Waals surface area contributed by atoms with Gasteiger partial charge in [-0.15, -0.1) is 11.3 Å². The zero-order valence-corrected chi connectivity index (χ0v) is 18.9. The van der Waals surface area contributed by atoms with Crippen LogP contribution < -0.4 is 10.1 Å². The molecule has 0 bridgehead atoms. The second-order valence-electron chi connectivity index (χ2n) is 7.36. The summed E-state index contributed by atoms with van der Waals surface area (Å²) in [5.74, 6) is 0.538. The fourth-order valence-corrected chi connectivity index (χ4v) is 4.40. The largest absolute Gasteiger partial charge is 0.489 e. The van der Waals surface area contributed by atoms with E-state index in [-0.39, 0.29) is 17.8 Å². The van der Waals surface area contributed by atoms with Crippen molar-refractivity contribution >= 4 is 34.6 Å². The zero-order valence-electron chi connectivity index (χ0n) is 17.3. The smallest absolute Gasteiger partial charge is 0.251 e. The van der Waals surface area contributed by atoms with Gasteiger partial charge in [-0.2, -0.15) is 0 Å².